The summed E-state index contributed by atoms with van der Waals surface area (Å²) < 4.78 is 0. The molecule has 0 aromatic heterocycles. The lowest BCUT2D eigenvalue weighted by molar-refractivity contribution is -0.136. The minimum atomic E-state index is -0.905. The Labute approximate surface area is 92.4 Å². The molecule has 0 aliphatic heterocycles. The second kappa shape index (κ2) is 4.93. The standard InChI is InChI=1S/C13H22O2/c1-10(2)9-11(14)12(15)13(3)7-5-4-6-8-13/h9,11,14H,4-8H2,1-3H3. The summed E-state index contributed by atoms with van der Waals surface area (Å²) in [5.41, 5.74) is 0.708. The van der Waals surface area contributed by atoms with Crippen LogP contribution in [-0.4, -0.2) is 17.0 Å². The maximum absolute atomic E-state index is 12.1. The van der Waals surface area contributed by atoms with Gasteiger partial charge >= 0.3 is 0 Å². The molecular weight excluding hydrogens is 188 g/mol. The molecule has 0 bridgehead atoms. The first-order valence-electron chi connectivity index (χ1n) is 5.83. The molecule has 0 saturated heterocycles. The number of aliphatic hydroxyl groups excluding tert-OH is 1. The van der Waals surface area contributed by atoms with Crippen LogP contribution >= 0.6 is 0 Å². The van der Waals surface area contributed by atoms with Crippen molar-refractivity contribution in [3.63, 3.8) is 0 Å². The van der Waals surface area contributed by atoms with Crippen molar-refractivity contribution in [2.24, 2.45) is 5.41 Å². The number of rotatable bonds is 3. The maximum atomic E-state index is 12.1. The zero-order chi connectivity index (χ0) is 11.5. The Hall–Kier alpha value is -0.630. The molecule has 2 heteroatoms. The number of hydrogen-bond donors (Lipinski definition) is 1. The van der Waals surface area contributed by atoms with Gasteiger partial charge in [0.05, 0.1) is 0 Å². The Kier molecular flexibility index (Phi) is 4.09. The Morgan fingerprint density at radius 2 is 1.80 bits per heavy atom. The van der Waals surface area contributed by atoms with E-state index in [1.54, 1.807) is 6.08 Å². The average Bonchev–Trinajstić information content (AvgIpc) is 2.16. The van der Waals surface area contributed by atoms with E-state index in [-0.39, 0.29) is 11.2 Å². The Morgan fingerprint density at radius 3 is 2.27 bits per heavy atom. The molecule has 1 N–H and O–H groups in total. The van der Waals surface area contributed by atoms with Crippen LogP contribution in [0.3, 0.4) is 0 Å². The lowest BCUT2D eigenvalue weighted by Gasteiger charge is -2.33. The number of carbonyl (C=O) groups is 1. The molecule has 0 heterocycles. The molecule has 1 unspecified atom stereocenters. The molecule has 86 valence electrons. The molecule has 0 aromatic carbocycles. The van der Waals surface area contributed by atoms with Crippen LogP contribution in [0.4, 0.5) is 0 Å². The average molecular weight is 210 g/mol. The number of aliphatic hydroxyl groups is 1. The van der Waals surface area contributed by atoms with Gasteiger partial charge in [0, 0.05) is 5.41 Å². The highest BCUT2D eigenvalue weighted by Crippen LogP contribution is 2.37. The van der Waals surface area contributed by atoms with E-state index in [2.05, 4.69) is 0 Å². The molecule has 1 aliphatic rings. The monoisotopic (exact) mass is 210 g/mol. The summed E-state index contributed by atoms with van der Waals surface area (Å²) in [5.74, 6) is 0.00315. The van der Waals surface area contributed by atoms with Gasteiger partial charge in [-0.3, -0.25) is 4.79 Å². The number of ketones is 1. The van der Waals surface area contributed by atoms with Crippen molar-refractivity contribution in [2.75, 3.05) is 0 Å². The smallest absolute Gasteiger partial charge is 0.171 e. The molecular formula is C13H22O2. The summed E-state index contributed by atoms with van der Waals surface area (Å²) in [7, 11) is 0. The van der Waals surface area contributed by atoms with Crippen LogP contribution in [0.15, 0.2) is 11.6 Å². The third kappa shape index (κ3) is 3.16. The van der Waals surface area contributed by atoms with Crippen molar-refractivity contribution in [1.29, 1.82) is 0 Å². The molecule has 15 heavy (non-hydrogen) atoms. The molecule has 1 fully saturated rings. The van der Waals surface area contributed by atoms with E-state index in [1.165, 1.54) is 6.42 Å². The molecule has 1 rings (SSSR count). The highest BCUT2D eigenvalue weighted by molar-refractivity contribution is 5.90. The van der Waals surface area contributed by atoms with Crippen molar-refractivity contribution in [3.8, 4) is 0 Å². The molecule has 1 aliphatic carbocycles. The molecule has 2 nitrogen and oxygen atoms in total. The summed E-state index contributed by atoms with van der Waals surface area (Å²) in [4.78, 5) is 12.1. The van der Waals surface area contributed by atoms with E-state index < -0.39 is 6.10 Å². The highest BCUT2D eigenvalue weighted by atomic mass is 16.3. The van der Waals surface area contributed by atoms with Crippen LogP contribution < -0.4 is 0 Å². The second-order valence-electron chi connectivity index (χ2n) is 5.17. The SMILES string of the molecule is CC(C)=CC(O)C(=O)C1(C)CCCCC1. The zero-order valence-corrected chi connectivity index (χ0v) is 10.0. The molecule has 0 amide bonds. The van der Waals surface area contributed by atoms with Crippen LogP contribution in [-0.2, 0) is 4.79 Å². The maximum Gasteiger partial charge on any atom is 0.171 e. The first kappa shape index (κ1) is 12.4. The van der Waals surface area contributed by atoms with Crippen molar-refractivity contribution in [1.82, 2.24) is 0 Å². The normalized spacial score (nSPS) is 21.9. The van der Waals surface area contributed by atoms with E-state index in [0.29, 0.717) is 0 Å². The van der Waals surface area contributed by atoms with Gasteiger partial charge in [0.15, 0.2) is 5.78 Å². The predicted molar refractivity (Wildman–Crippen MR) is 61.6 cm³/mol. The fourth-order valence-corrected chi connectivity index (χ4v) is 2.33. The zero-order valence-electron chi connectivity index (χ0n) is 10.0. The van der Waals surface area contributed by atoms with E-state index in [4.69, 9.17) is 0 Å². The topological polar surface area (TPSA) is 37.3 Å². The summed E-state index contributed by atoms with van der Waals surface area (Å²) in [5, 5.41) is 9.78. The fraction of sp³-hybridized carbons (Fsp3) is 0.769. The summed E-state index contributed by atoms with van der Waals surface area (Å²) in [6, 6.07) is 0. The molecule has 0 spiro atoms. The first-order chi connectivity index (χ1) is 6.96. The summed E-state index contributed by atoms with van der Waals surface area (Å²) >= 11 is 0. The Morgan fingerprint density at radius 1 is 1.27 bits per heavy atom. The highest BCUT2D eigenvalue weighted by Gasteiger charge is 2.37. The van der Waals surface area contributed by atoms with Crippen LogP contribution in [0.5, 0.6) is 0 Å². The van der Waals surface area contributed by atoms with Gasteiger partial charge in [-0.1, -0.05) is 37.8 Å². The van der Waals surface area contributed by atoms with Crippen molar-refractivity contribution in [3.05, 3.63) is 11.6 Å². The quantitative estimate of drug-likeness (QED) is 0.727. The Balaban J connectivity index is 2.69. The molecule has 0 aromatic rings. The van der Waals surface area contributed by atoms with Crippen LogP contribution in [0.25, 0.3) is 0 Å². The minimum absolute atomic E-state index is 0.00315. The van der Waals surface area contributed by atoms with Crippen LogP contribution in [0, 0.1) is 5.41 Å². The van der Waals surface area contributed by atoms with E-state index >= 15 is 0 Å². The third-order valence-corrected chi connectivity index (χ3v) is 3.31. The van der Waals surface area contributed by atoms with Crippen molar-refractivity contribution >= 4 is 5.78 Å². The third-order valence-electron chi connectivity index (χ3n) is 3.31. The molecule has 0 radical (unpaired) electrons. The van der Waals surface area contributed by atoms with Gasteiger partial charge in [0.25, 0.3) is 0 Å². The van der Waals surface area contributed by atoms with Gasteiger partial charge in [0.2, 0.25) is 0 Å². The minimum Gasteiger partial charge on any atom is -0.381 e. The largest absolute Gasteiger partial charge is 0.381 e. The number of Topliss-reactive ketones (excluding diaryl/α,β-unsaturated/α-hetero) is 1. The lowest BCUT2D eigenvalue weighted by atomic mass is 9.71. The fourth-order valence-electron chi connectivity index (χ4n) is 2.33. The van der Waals surface area contributed by atoms with Gasteiger partial charge < -0.3 is 5.11 Å². The van der Waals surface area contributed by atoms with E-state index in [1.807, 2.05) is 20.8 Å². The molecule has 1 atom stereocenters. The van der Waals surface area contributed by atoms with Gasteiger partial charge in [0.1, 0.15) is 6.10 Å². The summed E-state index contributed by atoms with van der Waals surface area (Å²) in [6.07, 6.45) is 6.06. The van der Waals surface area contributed by atoms with Gasteiger partial charge in [-0.15, -0.1) is 0 Å². The number of allylic oxidation sites excluding steroid dienone is 1. The van der Waals surface area contributed by atoms with Crippen LogP contribution in [0.1, 0.15) is 52.9 Å². The summed E-state index contributed by atoms with van der Waals surface area (Å²) in [6.45, 7) is 5.80. The van der Waals surface area contributed by atoms with Gasteiger partial charge in [-0.05, 0) is 26.7 Å². The van der Waals surface area contributed by atoms with Gasteiger partial charge in [-0.2, -0.15) is 0 Å². The predicted octanol–water partition coefficient (Wildman–Crippen LogP) is 2.85. The first-order valence-corrected chi connectivity index (χ1v) is 5.83. The lowest BCUT2D eigenvalue weighted by Crippen LogP contribution is -2.37. The number of hydrogen-bond acceptors (Lipinski definition) is 2. The van der Waals surface area contributed by atoms with Gasteiger partial charge in [-0.25, -0.2) is 0 Å². The number of carbonyl (C=O) groups excluding carboxylic acids is 1. The second-order valence-corrected chi connectivity index (χ2v) is 5.17. The van der Waals surface area contributed by atoms with Crippen molar-refractivity contribution in [2.45, 2.75) is 59.0 Å². The molecule has 1 saturated carbocycles. The van der Waals surface area contributed by atoms with Crippen molar-refractivity contribution < 1.29 is 9.90 Å². The Bertz CT molecular complexity index is 256. The van der Waals surface area contributed by atoms with Crippen LogP contribution in [0.2, 0.25) is 0 Å². The van der Waals surface area contributed by atoms with E-state index in [9.17, 15) is 9.90 Å². The van der Waals surface area contributed by atoms with E-state index in [0.717, 1.165) is 31.3 Å².